The summed E-state index contributed by atoms with van der Waals surface area (Å²) in [6.45, 7) is 8.74. The molecule has 0 unspecified atom stereocenters. The van der Waals surface area contributed by atoms with Crippen molar-refractivity contribution in [3.63, 3.8) is 0 Å². The summed E-state index contributed by atoms with van der Waals surface area (Å²) in [7, 11) is -3.21. The van der Waals surface area contributed by atoms with Crippen molar-refractivity contribution in [2.45, 2.75) is 27.2 Å². The topological polar surface area (TPSA) is 97.0 Å². The Morgan fingerprint density at radius 2 is 1.90 bits per heavy atom. The number of nitrogens with zero attached hydrogens (tertiary/aromatic N) is 2. The highest BCUT2D eigenvalue weighted by Gasteiger charge is 2.17. The van der Waals surface area contributed by atoms with Gasteiger partial charge in [0, 0.05) is 39.4 Å². The lowest BCUT2D eigenvalue weighted by molar-refractivity contribution is 0.146. The van der Waals surface area contributed by atoms with Crippen LogP contribution in [0, 0.1) is 0 Å². The van der Waals surface area contributed by atoms with Gasteiger partial charge in [-0.3, -0.25) is 4.99 Å². The van der Waals surface area contributed by atoms with Crippen molar-refractivity contribution in [2.75, 3.05) is 45.1 Å². The van der Waals surface area contributed by atoms with E-state index in [1.54, 1.807) is 0 Å². The fourth-order valence-electron chi connectivity index (χ4n) is 1.62. The highest BCUT2D eigenvalue weighted by molar-refractivity contribution is 14.0. The SMILES string of the molecule is CCOCCCN=C(N)NCCS(=O)(=O)N(CC)CC.I. The van der Waals surface area contributed by atoms with Gasteiger partial charge in [-0.1, -0.05) is 13.8 Å². The van der Waals surface area contributed by atoms with Crippen LogP contribution in [0.25, 0.3) is 0 Å². The van der Waals surface area contributed by atoms with Crippen LogP contribution in [0.4, 0.5) is 0 Å². The first-order valence-electron chi connectivity index (χ1n) is 7.07. The number of rotatable bonds is 11. The third kappa shape index (κ3) is 11.1. The van der Waals surface area contributed by atoms with Crippen LogP contribution in [0.2, 0.25) is 0 Å². The van der Waals surface area contributed by atoms with Gasteiger partial charge in [0.15, 0.2) is 5.96 Å². The number of ether oxygens (including phenoxy) is 1. The highest BCUT2D eigenvalue weighted by atomic mass is 127. The van der Waals surface area contributed by atoms with Crippen molar-refractivity contribution in [3.8, 4) is 0 Å². The van der Waals surface area contributed by atoms with Gasteiger partial charge in [-0.15, -0.1) is 24.0 Å². The summed E-state index contributed by atoms with van der Waals surface area (Å²) in [5, 5.41) is 2.81. The zero-order valence-electron chi connectivity index (χ0n) is 13.2. The second-order valence-electron chi connectivity index (χ2n) is 4.14. The average Bonchev–Trinajstić information content (AvgIpc) is 2.39. The maximum Gasteiger partial charge on any atom is 0.215 e. The maximum atomic E-state index is 11.9. The van der Waals surface area contributed by atoms with Crippen molar-refractivity contribution < 1.29 is 13.2 Å². The van der Waals surface area contributed by atoms with Crippen LogP contribution < -0.4 is 11.1 Å². The normalized spacial score (nSPS) is 12.3. The molecular formula is C12H29IN4O3S. The molecule has 0 heterocycles. The predicted octanol–water partition coefficient (Wildman–Crippen LogP) is 0.607. The fraction of sp³-hybridized carbons (Fsp3) is 0.917. The van der Waals surface area contributed by atoms with Crippen LogP contribution in [0.3, 0.4) is 0 Å². The summed E-state index contributed by atoms with van der Waals surface area (Å²) < 4.78 is 30.4. The molecule has 0 aliphatic heterocycles. The second kappa shape index (κ2) is 13.5. The van der Waals surface area contributed by atoms with E-state index in [-0.39, 0.29) is 42.2 Å². The van der Waals surface area contributed by atoms with E-state index >= 15 is 0 Å². The lowest BCUT2D eigenvalue weighted by atomic mass is 10.4. The Morgan fingerprint density at radius 3 is 2.43 bits per heavy atom. The summed E-state index contributed by atoms with van der Waals surface area (Å²) in [6.07, 6.45) is 0.800. The molecule has 0 aliphatic rings. The van der Waals surface area contributed by atoms with Gasteiger partial charge < -0.3 is 15.8 Å². The van der Waals surface area contributed by atoms with E-state index in [0.717, 1.165) is 6.42 Å². The average molecular weight is 436 g/mol. The molecule has 9 heteroatoms. The Labute approximate surface area is 145 Å². The molecule has 0 amide bonds. The summed E-state index contributed by atoms with van der Waals surface area (Å²) >= 11 is 0. The van der Waals surface area contributed by atoms with Gasteiger partial charge in [0.05, 0.1) is 5.75 Å². The van der Waals surface area contributed by atoms with Crippen LogP contribution in [0.15, 0.2) is 4.99 Å². The molecule has 0 rings (SSSR count). The molecule has 128 valence electrons. The van der Waals surface area contributed by atoms with E-state index in [1.807, 2.05) is 20.8 Å². The minimum atomic E-state index is -3.21. The van der Waals surface area contributed by atoms with Crippen molar-refractivity contribution >= 4 is 40.0 Å². The molecule has 21 heavy (non-hydrogen) atoms. The Kier molecular flexibility index (Phi) is 14.9. The van der Waals surface area contributed by atoms with E-state index in [2.05, 4.69) is 10.3 Å². The van der Waals surface area contributed by atoms with Crippen molar-refractivity contribution in [2.24, 2.45) is 10.7 Å². The molecule has 0 atom stereocenters. The molecule has 0 fully saturated rings. The summed E-state index contributed by atoms with van der Waals surface area (Å²) in [6, 6.07) is 0. The number of nitrogens with one attached hydrogen (secondary N) is 1. The maximum absolute atomic E-state index is 11.9. The largest absolute Gasteiger partial charge is 0.382 e. The Bertz CT molecular complexity index is 373. The molecule has 0 aromatic heterocycles. The number of sulfonamides is 1. The third-order valence-electron chi connectivity index (χ3n) is 2.70. The second-order valence-corrected chi connectivity index (χ2v) is 6.23. The molecule has 0 aromatic carbocycles. The van der Waals surface area contributed by atoms with E-state index < -0.39 is 10.0 Å². The van der Waals surface area contributed by atoms with Gasteiger partial charge in [-0.2, -0.15) is 0 Å². The minimum Gasteiger partial charge on any atom is -0.382 e. The molecule has 0 bridgehead atoms. The number of hydrogen-bond acceptors (Lipinski definition) is 4. The number of guanidine groups is 1. The smallest absolute Gasteiger partial charge is 0.215 e. The summed E-state index contributed by atoms with van der Waals surface area (Å²) in [5.74, 6) is 0.292. The molecule has 0 aromatic rings. The van der Waals surface area contributed by atoms with Crippen molar-refractivity contribution in [1.29, 1.82) is 0 Å². The van der Waals surface area contributed by atoms with Gasteiger partial charge in [-0.05, 0) is 13.3 Å². The Hall–Kier alpha value is -0.130. The molecular weight excluding hydrogens is 407 g/mol. The van der Waals surface area contributed by atoms with Crippen LogP contribution in [0.5, 0.6) is 0 Å². The summed E-state index contributed by atoms with van der Waals surface area (Å²) in [4.78, 5) is 4.10. The highest BCUT2D eigenvalue weighted by Crippen LogP contribution is 1.99. The van der Waals surface area contributed by atoms with Crippen molar-refractivity contribution in [3.05, 3.63) is 0 Å². The molecule has 7 nitrogen and oxygen atoms in total. The lowest BCUT2D eigenvalue weighted by Crippen LogP contribution is -2.39. The van der Waals surface area contributed by atoms with Gasteiger partial charge in [0.25, 0.3) is 0 Å². The van der Waals surface area contributed by atoms with E-state index in [9.17, 15) is 8.42 Å². The van der Waals surface area contributed by atoms with Crippen LogP contribution >= 0.6 is 24.0 Å². The van der Waals surface area contributed by atoms with E-state index in [0.29, 0.717) is 32.8 Å². The lowest BCUT2D eigenvalue weighted by Gasteiger charge is -2.18. The quantitative estimate of drug-likeness (QED) is 0.214. The monoisotopic (exact) mass is 436 g/mol. The van der Waals surface area contributed by atoms with E-state index in [4.69, 9.17) is 10.5 Å². The number of nitrogens with two attached hydrogens (primary N) is 1. The van der Waals surface area contributed by atoms with Crippen LogP contribution in [0.1, 0.15) is 27.2 Å². The molecule has 0 saturated carbocycles. The molecule has 0 aliphatic carbocycles. The zero-order valence-corrected chi connectivity index (χ0v) is 16.3. The standard InChI is InChI=1S/C12H28N4O3S.HI/c1-4-16(5-2)20(17,18)11-9-15-12(13)14-8-7-10-19-6-3;/h4-11H2,1-3H3,(H3,13,14,15);1H. The molecule has 0 spiro atoms. The number of halogens is 1. The molecule has 0 saturated heterocycles. The number of aliphatic imine (C=N–C) groups is 1. The van der Waals surface area contributed by atoms with Gasteiger partial charge >= 0.3 is 0 Å². The Morgan fingerprint density at radius 1 is 1.29 bits per heavy atom. The van der Waals surface area contributed by atoms with Crippen LogP contribution in [-0.2, 0) is 14.8 Å². The van der Waals surface area contributed by atoms with Crippen molar-refractivity contribution in [1.82, 2.24) is 9.62 Å². The van der Waals surface area contributed by atoms with E-state index in [1.165, 1.54) is 4.31 Å². The van der Waals surface area contributed by atoms with Crippen LogP contribution in [-0.4, -0.2) is 63.8 Å². The fourth-order valence-corrected chi connectivity index (χ4v) is 3.03. The third-order valence-corrected chi connectivity index (χ3v) is 4.72. The molecule has 0 radical (unpaired) electrons. The first-order valence-corrected chi connectivity index (χ1v) is 8.68. The first-order chi connectivity index (χ1) is 9.47. The minimum absolute atomic E-state index is 0. The predicted molar refractivity (Wildman–Crippen MR) is 97.7 cm³/mol. The number of hydrogen-bond donors (Lipinski definition) is 2. The van der Waals surface area contributed by atoms with Gasteiger partial charge in [-0.25, -0.2) is 12.7 Å². The zero-order chi connectivity index (χ0) is 15.4. The molecule has 3 N–H and O–H groups in total. The first kappa shape index (κ1) is 23.1. The van der Waals surface area contributed by atoms with Gasteiger partial charge in [0.1, 0.15) is 0 Å². The van der Waals surface area contributed by atoms with Gasteiger partial charge in [0.2, 0.25) is 10.0 Å². The Balaban J connectivity index is 0. The summed E-state index contributed by atoms with van der Waals surface area (Å²) in [5.41, 5.74) is 5.65.